The number of rotatable bonds is 1. The van der Waals surface area contributed by atoms with E-state index in [1.165, 1.54) is 0 Å². The van der Waals surface area contributed by atoms with Crippen molar-refractivity contribution in [2.75, 3.05) is 19.6 Å². The fourth-order valence-electron chi connectivity index (χ4n) is 1.25. The molecule has 2 aliphatic rings. The first-order valence-electron chi connectivity index (χ1n) is 4.03. The second-order valence-corrected chi connectivity index (χ2v) is 2.69. The minimum atomic E-state index is 0.00162. The van der Waals surface area contributed by atoms with Gasteiger partial charge in [0.2, 0.25) is 0 Å². The van der Waals surface area contributed by atoms with Gasteiger partial charge in [0.1, 0.15) is 6.26 Å². The minimum absolute atomic E-state index is 0.00162. The monoisotopic (exact) mass is 165 g/mol. The Morgan fingerprint density at radius 1 is 1.50 bits per heavy atom. The van der Waals surface area contributed by atoms with Crippen LogP contribution in [-0.2, 0) is 4.74 Å². The molecule has 0 spiro atoms. The van der Waals surface area contributed by atoms with Gasteiger partial charge in [-0.05, 0) is 0 Å². The lowest BCUT2D eigenvalue weighted by Gasteiger charge is -2.29. The summed E-state index contributed by atoms with van der Waals surface area (Å²) >= 11 is 0. The fourth-order valence-corrected chi connectivity index (χ4v) is 1.25. The van der Waals surface area contributed by atoms with Crippen molar-refractivity contribution in [3.63, 3.8) is 0 Å². The van der Waals surface area contributed by atoms with E-state index >= 15 is 0 Å². The molecule has 0 radical (unpaired) electrons. The van der Waals surface area contributed by atoms with Gasteiger partial charge < -0.3 is 4.74 Å². The molecular formula is C8H11N3O. The van der Waals surface area contributed by atoms with Crippen molar-refractivity contribution in [2.45, 2.75) is 6.23 Å². The third-order valence-corrected chi connectivity index (χ3v) is 1.90. The molecule has 0 saturated carbocycles. The summed E-state index contributed by atoms with van der Waals surface area (Å²) in [6, 6.07) is 0. The van der Waals surface area contributed by atoms with Gasteiger partial charge in [0.15, 0.2) is 6.23 Å². The summed E-state index contributed by atoms with van der Waals surface area (Å²) < 4.78 is 5.35. The molecule has 1 atom stereocenters. The third-order valence-electron chi connectivity index (χ3n) is 1.90. The molecule has 0 aromatic carbocycles. The van der Waals surface area contributed by atoms with Gasteiger partial charge in [0.05, 0.1) is 19.0 Å². The number of hydrogen-bond acceptors (Lipinski definition) is 4. The van der Waals surface area contributed by atoms with Crippen molar-refractivity contribution in [3.8, 4) is 0 Å². The first kappa shape index (κ1) is 7.49. The average molecular weight is 165 g/mol. The van der Waals surface area contributed by atoms with Crippen molar-refractivity contribution in [1.29, 1.82) is 0 Å². The maximum Gasteiger partial charge on any atom is 0.188 e. The van der Waals surface area contributed by atoms with Crippen LogP contribution >= 0.6 is 0 Å². The van der Waals surface area contributed by atoms with Crippen LogP contribution in [0.15, 0.2) is 22.4 Å². The van der Waals surface area contributed by atoms with Gasteiger partial charge in [-0.2, -0.15) is 0 Å². The molecule has 0 fully saturated rings. The van der Waals surface area contributed by atoms with Crippen molar-refractivity contribution < 1.29 is 4.74 Å². The summed E-state index contributed by atoms with van der Waals surface area (Å²) in [4.78, 5) is 10.3. The number of nitrogens with zero attached hydrogens (tertiary/aromatic N) is 3. The Bertz CT molecular complexity index is 234. The van der Waals surface area contributed by atoms with Gasteiger partial charge in [0, 0.05) is 19.3 Å². The molecule has 4 nitrogen and oxygen atoms in total. The summed E-state index contributed by atoms with van der Waals surface area (Å²) in [5, 5.41) is 0. The van der Waals surface area contributed by atoms with E-state index in [2.05, 4.69) is 14.9 Å². The van der Waals surface area contributed by atoms with E-state index in [0.717, 1.165) is 19.6 Å². The molecule has 0 N–H and O–H groups in total. The maximum absolute atomic E-state index is 5.35. The second kappa shape index (κ2) is 3.49. The number of hydrogen-bond donors (Lipinski definition) is 0. The van der Waals surface area contributed by atoms with Crippen LogP contribution in [0.5, 0.6) is 0 Å². The van der Waals surface area contributed by atoms with E-state index in [0.29, 0.717) is 0 Å². The Balaban J connectivity index is 1.95. The van der Waals surface area contributed by atoms with Crippen molar-refractivity contribution in [2.24, 2.45) is 9.98 Å². The summed E-state index contributed by atoms with van der Waals surface area (Å²) in [7, 11) is 0. The van der Waals surface area contributed by atoms with Crippen LogP contribution in [-0.4, -0.2) is 43.2 Å². The molecule has 4 heteroatoms. The molecule has 0 aliphatic carbocycles. The highest BCUT2D eigenvalue weighted by molar-refractivity contribution is 5.66. The molecule has 2 aliphatic heterocycles. The fraction of sp³-hybridized carbons (Fsp3) is 0.500. The predicted molar refractivity (Wildman–Crippen MR) is 47.4 cm³/mol. The maximum atomic E-state index is 5.35. The largest absolute Gasteiger partial charge is 0.476 e. The Morgan fingerprint density at radius 3 is 3.17 bits per heavy atom. The highest BCUT2D eigenvalue weighted by atomic mass is 16.5. The molecule has 0 saturated heterocycles. The first-order chi connectivity index (χ1) is 5.97. The van der Waals surface area contributed by atoms with Crippen molar-refractivity contribution >= 4 is 12.4 Å². The molecule has 64 valence electrons. The van der Waals surface area contributed by atoms with Crippen molar-refractivity contribution in [1.82, 2.24) is 4.90 Å². The van der Waals surface area contributed by atoms with E-state index < -0.39 is 0 Å². The first-order valence-corrected chi connectivity index (χ1v) is 4.03. The molecule has 1 unspecified atom stereocenters. The Labute approximate surface area is 71.3 Å². The Morgan fingerprint density at radius 2 is 2.50 bits per heavy atom. The quantitative estimate of drug-likeness (QED) is 0.559. The van der Waals surface area contributed by atoms with Gasteiger partial charge in [-0.15, -0.1) is 0 Å². The number of ether oxygens (including phenoxy) is 1. The van der Waals surface area contributed by atoms with E-state index in [9.17, 15) is 0 Å². The van der Waals surface area contributed by atoms with Crippen LogP contribution in [0, 0.1) is 0 Å². The van der Waals surface area contributed by atoms with E-state index in [1.807, 2.05) is 6.21 Å². The molecule has 2 heterocycles. The molecule has 2 rings (SSSR count). The zero-order valence-corrected chi connectivity index (χ0v) is 6.76. The zero-order valence-electron chi connectivity index (χ0n) is 6.76. The predicted octanol–water partition coefficient (Wildman–Crippen LogP) is 0.271. The molecule has 0 bridgehead atoms. The highest BCUT2D eigenvalue weighted by Gasteiger charge is 2.18. The second-order valence-electron chi connectivity index (χ2n) is 2.69. The minimum Gasteiger partial charge on any atom is -0.476 e. The molecule has 0 amide bonds. The standard InChI is InChI=1S/C8H11N3O/c1-4-11(5-2-9-1)8-7-10-3-6-12-8/h1,3,6-8H,2,4-5H2. The third kappa shape index (κ3) is 1.53. The SMILES string of the molecule is C1=COC(N2CC=NCC2)C=N1. The molecule has 12 heavy (non-hydrogen) atoms. The summed E-state index contributed by atoms with van der Waals surface area (Å²) in [5.41, 5.74) is 0. The van der Waals surface area contributed by atoms with Crippen LogP contribution < -0.4 is 0 Å². The van der Waals surface area contributed by atoms with E-state index in [1.54, 1.807) is 18.7 Å². The van der Waals surface area contributed by atoms with Gasteiger partial charge in [-0.25, -0.2) is 0 Å². The van der Waals surface area contributed by atoms with Crippen LogP contribution in [0.2, 0.25) is 0 Å². The smallest absolute Gasteiger partial charge is 0.188 e. The average Bonchev–Trinajstić information content (AvgIpc) is 2.21. The van der Waals surface area contributed by atoms with E-state index in [4.69, 9.17) is 4.74 Å². The van der Waals surface area contributed by atoms with Crippen LogP contribution in [0.25, 0.3) is 0 Å². The van der Waals surface area contributed by atoms with Crippen LogP contribution in [0.3, 0.4) is 0 Å². The summed E-state index contributed by atoms with van der Waals surface area (Å²) in [6.45, 7) is 2.66. The Kier molecular flexibility index (Phi) is 2.18. The van der Waals surface area contributed by atoms with Gasteiger partial charge in [-0.1, -0.05) is 0 Å². The lowest BCUT2D eigenvalue weighted by molar-refractivity contribution is 0.0553. The topological polar surface area (TPSA) is 37.2 Å². The van der Waals surface area contributed by atoms with Gasteiger partial charge in [-0.3, -0.25) is 14.9 Å². The van der Waals surface area contributed by atoms with Crippen molar-refractivity contribution in [3.05, 3.63) is 12.5 Å². The number of aliphatic imine (C=N–C) groups is 2. The molecule has 0 aromatic rings. The lowest BCUT2D eigenvalue weighted by Crippen LogP contribution is -2.42. The summed E-state index contributed by atoms with van der Waals surface area (Å²) in [6.07, 6.45) is 6.99. The highest BCUT2D eigenvalue weighted by Crippen LogP contribution is 2.05. The van der Waals surface area contributed by atoms with Gasteiger partial charge in [0.25, 0.3) is 0 Å². The zero-order chi connectivity index (χ0) is 8.23. The normalized spacial score (nSPS) is 28.8. The van der Waals surface area contributed by atoms with Crippen LogP contribution in [0.4, 0.5) is 0 Å². The van der Waals surface area contributed by atoms with Gasteiger partial charge >= 0.3 is 0 Å². The summed E-state index contributed by atoms with van der Waals surface area (Å²) in [5.74, 6) is 0. The van der Waals surface area contributed by atoms with E-state index in [-0.39, 0.29) is 6.23 Å². The van der Waals surface area contributed by atoms with Crippen LogP contribution in [0.1, 0.15) is 0 Å². The molecule has 0 aromatic heterocycles. The Hall–Kier alpha value is -1.16. The molecular weight excluding hydrogens is 154 g/mol. The lowest BCUT2D eigenvalue weighted by atomic mass is 10.4.